The summed E-state index contributed by atoms with van der Waals surface area (Å²) in [6, 6.07) is 18.9. The van der Waals surface area contributed by atoms with E-state index >= 15 is 0 Å². The van der Waals surface area contributed by atoms with Gasteiger partial charge in [-0.1, -0.05) is 6.42 Å². The lowest BCUT2D eigenvalue weighted by Gasteiger charge is -2.38. The number of carbonyl (C=O) groups is 2. The molecule has 3 fully saturated rings. The van der Waals surface area contributed by atoms with Gasteiger partial charge >= 0.3 is 0 Å². The summed E-state index contributed by atoms with van der Waals surface area (Å²) in [5.74, 6) is 2.47. The third kappa shape index (κ3) is 10.8. The first-order chi connectivity index (χ1) is 34.0. The number of rotatable bonds is 11. The summed E-state index contributed by atoms with van der Waals surface area (Å²) in [6.07, 6.45) is 13.8. The van der Waals surface area contributed by atoms with Crippen LogP contribution in [-0.4, -0.2) is 100 Å². The summed E-state index contributed by atoms with van der Waals surface area (Å²) in [5, 5.41) is 18.5. The van der Waals surface area contributed by atoms with E-state index in [1.807, 2.05) is 29.2 Å². The standard InChI is InChI=1S/C40H49F2N9O2.C14H17NO2/c1-26(52)49-19-13-36-35(25-49)40(50-14-3-4-29-20-33(30-22-44-46(2)24-30)34(38(41)42)21-37(29)50)45-51(36)32-11-15-47(16-12-32)23-27-9-17-48(18-10-27)31-7-5-28(6-8-31)39(43)53;1-16-14-9-13(8-7-11(14)10-15)17-12-5-3-2-4-6-12/h5-8,20-22,24,27,32,38H,3-4,9-19,23,25H2,1-2H3,(H2,43,53);7-9,12H,2-6H2,1H3. The van der Waals surface area contributed by atoms with Gasteiger partial charge in [-0.05, 0) is 130 Å². The highest BCUT2D eigenvalue weighted by molar-refractivity contribution is 5.93. The molecule has 0 radical (unpaired) electrons. The van der Waals surface area contributed by atoms with Gasteiger partial charge in [-0.2, -0.15) is 15.5 Å². The minimum atomic E-state index is -2.64. The Labute approximate surface area is 409 Å². The van der Waals surface area contributed by atoms with Crippen molar-refractivity contribution in [3.63, 3.8) is 0 Å². The minimum absolute atomic E-state index is 0.000725. The van der Waals surface area contributed by atoms with Crippen LogP contribution < -0.4 is 25.0 Å². The molecule has 0 atom stereocenters. The van der Waals surface area contributed by atoms with Gasteiger partial charge in [-0.3, -0.25) is 19.0 Å². The molecule has 0 bridgehead atoms. The molecule has 0 spiro atoms. The summed E-state index contributed by atoms with van der Waals surface area (Å²) in [6.45, 7) is 8.53. The summed E-state index contributed by atoms with van der Waals surface area (Å²) >= 11 is 0. The molecule has 1 aliphatic carbocycles. The van der Waals surface area contributed by atoms with E-state index in [1.165, 1.54) is 25.0 Å². The van der Waals surface area contributed by atoms with Gasteiger partial charge in [0, 0.05) is 118 Å². The molecule has 2 amide bonds. The fourth-order valence-corrected chi connectivity index (χ4v) is 11.2. The third-order valence-electron chi connectivity index (χ3n) is 15.1. The third-order valence-corrected chi connectivity index (χ3v) is 15.1. The Morgan fingerprint density at radius 3 is 2.31 bits per heavy atom. The number of nitrogens with zero attached hydrogens (tertiary/aromatic N) is 9. The number of ether oxygens (including phenoxy) is 2. The van der Waals surface area contributed by atoms with E-state index in [-0.39, 0.29) is 17.5 Å². The molecule has 16 heteroatoms. The fraction of sp³-hybridized carbons (Fsp3) is 0.500. The lowest BCUT2D eigenvalue weighted by atomic mass is 9.92. The average Bonchev–Trinajstić information content (AvgIpc) is 4.00. The van der Waals surface area contributed by atoms with Crippen molar-refractivity contribution < 1.29 is 27.8 Å². The van der Waals surface area contributed by atoms with Crippen molar-refractivity contribution in [3.05, 3.63) is 101 Å². The fourth-order valence-electron chi connectivity index (χ4n) is 11.2. The van der Waals surface area contributed by atoms with Crippen LogP contribution in [0.25, 0.3) is 11.1 Å². The predicted octanol–water partition coefficient (Wildman–Crippen LogP) is 9.14. The number of amides is 2. The molecule has 2 aromatic heterocycles. The van der Waals surface area contributed by atoms with Crippen molar-refractivity contribution in [1.82, 2.24) is 29.4 Å². The maximum absolute atomic E-state index is 14.7. The molecule has 14 nitrogen and oxygen atoms in total. The van der Waals surface area contributed by atoms with Crippen molar-refractivity contribution in [2.24, 2.45) is 18.7 Å². The van der Waals surface area contributed by atoms with Crippen molar-refractivity contribution in [3.8, 4) is 28.7 Å². The first kappa shape index (κ1) is 48.5. The smallest absolute Gasteiger partial charge is 0.264 e. The Bertz CT molecular complexity index is 2670. The van der Waals surface area contributed by atoms with Gasteiger partial charge in [0.25, 0.3) is 6.43 Å². The largest absolute Gasteiger partial charge is 0.495 e. The SMILES string of the molecule is CC(=O)N1CCc2c(c(N3CCCc4cc(-c5cnn(C)c5)c(C(F)F)cc43)nn2C2CCN(CC3CCN(c4ccc(C(N)=O)cc4)CC3)CC2)C1.COc1cc(OC2CCCCC2)ccc1C#N. The molecule has 2 saturated heterocycles. The number of hydrogen-bond acceptors (Lipinski definition) is 10. The Balaban J connectivity index is 0.000000302. The molecule has 5 aromatic rings. The number of aromatic nitrogens is 4. The minimum Gasteiger partial charge on any atom is -0.495 e. The number of halogens is 2. The van der Waals surface area contributed by atoms with Gasteiger partial charge in [0.15, 0.2) is 5.82 Å². The van der Waals surface area contributed by atoms with Gasteiger partial charge in [0.2, 0.25) is 11.8 Å². The second-order valence-electron chi connectivity index (χ2n) is 19.6. The zero-order chi connectivity index (χ0) is 48.9. The number of alkyl halides is 2. The number of primary amides is 1. The zero-order valence-corrected chi connectivity index (χ0v) is 40.8. The molecule has 1 saturated carbocycles. The molecule has 2 N–H and O–H groups in total. The normalized spacial score (nSPS) is 18.2. The van der Waals surface area contributed by atoms with E-state index in [0.717, 1.165) is 125 Å². The summed E-state index contributed by atoms with van der Waals surface area (Å²) in [4.78, 5) is 33.1. The summed E-state index contributed by atoms with van der Waals surface area (Å²) < 4.78 is 44.3. The van der Waals surface area contributed by atoms with E-state index < -0.39 is 12.3 Å². The van der Waals surface area contributed by atoms with E-state index in [2.05, 4.69) is 30.5 Å². The molecule has 6 heterocycles. The van der Waals surface area contributed by atoms with Crippen LogP contribution in [0.2, 0.25) is 0 Å². The molecule has 10 rings (SSSR count). The number of nitrogens with two attached hydrogens (primary N) is 1. The lowest BCUT2D eigenvalue weighted by molar-refractivity contribution is -0.129. The highest BCUT2D eigenvalue weighted by atomic mass is 19.3. The van der Waals surface area contributed by atoms with E-state index in [4.69, 9.17) is 25.6 Å². The van der Waals surface area contributed by atoms with Crippen molar-refractivity contribution in [2.75, 3.05) is 62.7 Å². The number of anilines is 3. The highest BCUT2D eigenvalue weighted by Crippen LogP contribution is 2.44. The lowest BCUT2D eigenvalue weighted by Crippen LogP contribution is -2.42. The van der Waals surface area contributed by atoms with E-state index in [1.54, 1.807) is 68.5 Å². The van der Waals surface area contributed by atoms with E-state index in [9.17, 15) is 18.4 Å². The first-order valence-corrected chi connectivity index (χ1v) is 25.2. The van der Waals surface area contributed by atoms with Crippen LogP contribution in [0, 0.1) is 17.2 Å². The number of piperidine rings is 2. The quantitative estimate of drug-likeness (QED) is 0.136. The van der Waals surface area contributed by atoms with E-state index in [0.29, 0.717) is 59.7 Å². The van der Waals surface area contributed by atoms with Crippen molar-refractivity contribution in [1.29, 1.82) is 5.26 Å². The number of carbonyl (C=O) groups excluding carboxylic acids is 2. The Hall–Kier alpha value is -6.47. The molecule has 70 heavy (non-hydrogen) atoms. The number of aryl methyl sites for hydroxylation is 2. The van der Waals surface area contributed by atoms with Crippen LogP contribution in [0.1, 0.15) is 122 Å². The second kappa shape index (κ2) is 21.7. The van der Waals surface area contributed by atoms with Crippen LogP contribution in [0.4, 0.5) is 26.0 Å². The van der Waals surface area contributed by atoms with Crippen LogP contribution in [-0.2, 0) is 31.2 Å². The summed E-state index contributed by atoms with van der Waals surface area (Å²) in [5.41, 5.74) is 12.9. The Morgan fingerprint density at radius 2 is 1.66 bits per heavy atom. The number of benzene rings is 3. The molecule has 5 aliphatic rings. The van der Waals surface area contributed by atoms with Crippen LogP contribution >= 0.6 is 0 Å². The molecular formula is C54H66F2N10O4. The zero-order valence-electron chi connectivity index (χ0n) is 40.8. The molecule has 370 valence electrons. The highest BCUT2D eigenvalue weighted by Gasteiger charge is 2.35. The monoisotopic (exact) mass is 957 g/mol. The maximum Gasteiger partial charge on any atom is 0.264 e. The molecule has 4 aliphatic heterocycles. The number of methoxy groups -OCH3 is 1. The van der Waals surface area contributed by atoms with Crippen molar-refractivity contribution in [2.45, 2.75) is 109 Å². The Kier molecular flexibility index (Phi) is 15.0. The first-order valence-electron chi connectivity index (χ1n) is 25.2. The van der Waals surface area contributed by atoms with Crippen LogP contribution in [0.3, 0.4) is 0 Å². The maximum atomic E-state index is 14.7. The average molecular weight is 957 g/mol. The molecule has 3 aromatic carbocycles. The van der Waals surface area contributed by atoms with Gasteiger partial charge in [0.1, 0.15) is 17.6 Å². The predicted molar refractivity (Wildman–Crippen MR) is 266 cm³/mol. The molecule has 0 unspecified atom stereocenters. The number of likely N-dealkylation sites (tertiary alicyclic amines) is 1. The Morgan fingerprint density at radius 1 is 0.900 bits per heavy atom. The second-order valence-corrected chi connectivity index (χ2v) is 19.6. The summed E-state index contributed by atoms with van der Waals surface area (Å²) in [7, 11) is 3.36. The number of nitriles is 1. The van der Waals surface area contributed by atoms with Gasteiger partial charge in [-0.25, -0.2) is 8.78 Å². The van der Waals surface area contributed by atoms with Crippen LogP contribution in [0.15, 0.2) is 67.0 Å². The van der Waals surface area contributed by atoms with Crippen molar-refractivity contribution >= 4 is 29.0 Å². The van der Waals surface area contributed by atoms with Gasteiger partial charge < -0.3 is 34.8 Å². The van der Waals surface area contributed by atoms with Gasteiger partial charge in [-0.15, -0.1) is 0 Å². The number of hydrogen-bond donors (Lipinski definition) is 1. The van der Waals surface area contributed by atoms with Crippen LogP contribution in [0.5, 0.6) is 11.5 Å². The number of fused-ring (bicyclic) bond motifs is 2. The topological polar surface area (TPSA) is 151 Å². The van der Waals surface area contributed by atoms with Gasteiger partial charge in [0.05, 0.1) is 37.6 Å². The molecular weight excluding hydrogens is 891 g/mol.